The summed E-state index contributed by atoms with van der Waals surface area (Å²) in [6.45, 7) is 11.3. The van der Waals surface area contributed by atoms with Gasteiger partial charge in [0.05, 0.1) is 6.10 Å². The van der Waals surface area contributed by atoms with Crippen LogP contribution < -0.4 is 5.32 Å². The summed E-state index contributed by atoms with van der Waals surface area (Å²) in [4.78, 5) is 2.51. The van der Waals surface area contributed by atoms with Crippen molar-refractivity contribution < 1.29 is 5.11 Å². The van der Waals surface area contributed by atoms with Crippen LogP contribution in [0.4, 0.5) is 0 Å². The van der Waals surface area contributed by atoms with Crippen molar-refractivity contribution in [1.82, 2.24) is 10.2 Å². The molecule has 2 aliphatic rings. The normalized spacial score (nSPS) is 36.5. The van der Waals surface area contributed by atoms with E-state index in [4.69, 9.17) is 0 Å². The molecular formula is C17H34N2O. The van der Waals surface area contributed by atoms with E-state index in [-0.39, 0.29) is 6.10 Å². The van der Waals surface area contributed by atoms with Gasteiger partial charge >= 0.3 is 0 Å². The monoisotopic (exact) mass is 282 g/mol. The van der Waals surface area contributed by atoms with E-state index >= 15 is 0 Å². The van der Waals surface area contributed by atoms with Crippen molar-refractivity contribution in [2.75, 3.05) is 26.2 Å². The molecule has 0 aromatic carbocycles. The second-order valence-electron chi connectivity index (χ2n) is 7.30. The number of aliphatic hydroxyl groups excluding tert-OH is 1. The fraction of sp³-hybridized carbons (Fsp3) is 1.00. The van der Waals surface area contributed by atoms with Crippen LogP contribution in [-0.4, -0.2) is 48.3 Å². The zero-order chi connectivity index (χ0) is 14.5. The van der Waals surface area contributed by atoms with Gasteiger partial charge in [-0.1, -0.05) is 20.8 Å². The SMILES string of the molecule is CCNC1CCC(C(C)C)CC1CN1CCCC(O)C1. The first-order chi connectivity index (χ1) is 9.60. The summed E-state index contributed by atoms with van der Waals surface area (Å²) in [5.74, 6) is 2.47. The Morgan fingerprint density at radius 3 is 2.70 bits per heavy atom. The number of hydrogen-bond acceptors (Lipinski definition) is 3. The summed E-state index contributed by atoms with van der Waals surface area (Å²) in [5.41, 5.74) is 0. The van der Waals surface area contributed by atoms with Crippen molar-refractivity contribution in [3.05, 3.63) is 0 Å². The van der Waals surface area contributed by atoms with Crippen molar-refractivity contribution in [2.24, 2.45) is 17.8 Å². The van der Waals surface area contributed by atoms with E-state index in [0.717, 1.165) is 43.7 Å². The van der Waals surface area contributed by atoms with Crippen LogP contribution in [0.2, 0.25) is 0 Å². The molecule has 1 saturated heterocycles. The van der Waals surface area contributed by atoms with Crippen LogP contribution in [-0.2, 0) is 0 Å². The van der Waals surface area contributed by atoms with E-state index in [1.807, 2.05) is 0 Å². The summed E-state index contributed by atoms with van der Waals surface area (Å²) in [6, 6.07) is 0.689. The van der Waals surface area contributed by atoms with Gasteiger partial charge < -0.3 is 15.3 Å². The average Bonchev–Trinajstić information content (AvgIpc) is 2.41. The van der Waals surface area contributed by atoms with E-state index in [0.29, 0.717) is 6.04 Å². The molecule has 3 nitrogen and oxygen atoms in total. The molecule has 0 bridgehead atoms. The minimum atomic E-state index is -0.0918. The van der Waals surface area contributed by atoms with Crippen LogP contribution in [0.25, 0.3) is 0 Å². The molecule has 0 amide bonds. The van der Waals surface area contributed by atoms with Gasteiger partial charge in [-0.05, 0) is 62.9 Å². The third-order valence-corrected chi connectivity index (χ3v) is 5.41. The largest absolute Gasteiger partial charge is 0.392 e. The molecule has 1 aliphatic carbocycles. The first kappa shape index (κ1) is 16.3. The maximum atomic E-state index is 9.86. The van der Waals surface area contributed by atoms with E-state index in [2.05, 4.69) is 31.0 Å². The summed E-state index contributed by atoms with van der Waals surface area (Å²) in [7, 11) is 0. The smallest absolute Gasteiger partial charge is 0.0667 e. The Morgan fingerprint density at radius 1 is 1.25 bits per heavy atom. The highest BCUT2D eigenvalue weighted by molar-refractivity contribution is 4.88. The van der Waals surface area contributed by atoms with E-state index in [1.54, 1.807) is 0 Å². The lowest BCUT2D eigenvalue weighted by molar-refractivity contribution is 0.0457. The Kier molecular flexibility index (Phi) is 6.31. The summed E-state index contributed by atoms with van der Waals surface area (Å²) in [5, 5.41) is 13.6. The molecular weight excluding hydrogens is 248 g/mol. The predicted molar refractivity (Wildman–Crippen MR) is 84.8 cm³/mol. The van der Waals surface area contributed by atoms with Crippen LogP contribution in [0, 0.1) is 17.8 Å². The van der Waals surface area contributed by atoms with Crippen LogP contribution in [0.1, 0.15) is 52.9 Å². The maximum absolute atomic E-state index is 9.86. The molecule has 0 aromatic heterocycles. The first-order valence-electron chi connectivity index (χ1n) is 8.74. The predicted octanol–water partition coefficient (Wildman–Crippen LogP) is 2.49. The number of nitrogens with zero attached hydrogens (tertiary/aromatic N) is 1. The molecule has 3 heteroatoms. The quantitative estimate of drug-likeness (QED) is 0.813. The highest BCUT2D eigenvalue weighted by Gasteiger charge is 2.33. The molecule has 1 heterocycles. The molecule has 2 N–H and O–H groups in total. The van der Waals surface area contributed by atoms with Gasteiger partial charge in [0.15, 0.2) is 0 Å². The van der Waals surface area contributed by atoms with Crippen LogP contribution in [0.15, 0.2) is 0 Å². The van der Waals surface area contributed by atoms with Crippen LogP contribution in [0.3, 0.4) is 0 Å². The van der Waals surface area contributed by atoms with Crippen molar-refractivity contribution in [3.63, 3.8) is 0 Å². The Labute approximate surface area is 125 Å². The molecule has 4 unspecified atom stereocenters. The number of hydrogen-bond donors (Lipinski definition) is 2. The second-order valence-corrected chi connectivity index (χ2v) is 7.30. The van der Waals surface area contributed by atoms with Gasteiger partial charge in [0.1, 0.15) is 0 Å². The van der Waals surface area contributed by atoms with Crippen molar-refractivity contribution in [2.45, 2.75) is 65.0 Å². The fourth-order valence-electron chi connectivity index (χ4n) is 4.17. The molecule has 2 fully saturated rings. The van der Waals surface area contributed by atoms with Gasteiger partial charge in [0.2, 0.25) is 0 Å². The summed E-state index contributed by atoms with van der Waals surface area (Å²) >= 11 is 0. The number of β-amino-alcohol motifs (C(OH)–C–C–N with tert-alkyl or cyclic N) is 1. The third-order valence-electron chi connectivity index (χ3n) is 5.41. The Balaban J connectivity index is 1.92. The van der Waals surface area contributed by atoms with Gasteiger partial charge in [-0.2, -0.15) is 0 Å². The molecule has 0 radical (unpaired) electrons. The first-order valence-corrected chi connectivity index (χ1v) is 8.74. The number of nitrogens with one attached hydrogen (secondary N) is 1. The molecule has 2 rings (SSSR count). The highest BCUT2D eigenvalue weighted by Crippen LogP contribution is 2.34. The lowest BCUT2D eigenvalue weighted by Crippen LogP contribution is -2.49. The van der Waals surface area contributed by atoms with Gasteiger partial charge in [0.25, 0.3) is 0 Å². The number of aliphatic hydroxyl groups is 1. The third kappa shape index (κ3) is 4.44. The number of likely N-dealkylation sites (tertiary alicyclic amines) is 1. The minimum absolute atomic E-state index is 0.0918. The second kappa shape index (κ2) is 7.77. The molecule has 0 aromatic rings. The Hall–Kier alpha value is -0.120. The van der Waals surface area contributed by atoms with Gasteiger partial charge in [-0.15, -0.1) is 0 Å². The molecule has 0 spiro atoms. The number of piperidine rings is 1. The minimum Gasteiger partial charge on any atom is -0.392 e. The number of rotatable bonds is 5. The van der Waals surface area contributed by atoms with Crippen molar-refractivity contribution in [1.29, 1.82) is 0 Å². The van der Waals surface area contributed by atoms with Gasteiger partial charge in [-0.25, -0.2) is 0 Å². The van der Waals surface area contributed by atoms with Crippen molar-refractivity contribution in [3.8, 4) is 0 Å². The summed E-state index contributed by atoms with van der Waals surface area (Å²) < 4.78 is 0. The van der Waals surface area contributed by atoms with E-state index < -0.39 is 0 Å². The molecule has 1 saturated carbocycles. The standard InChI is InChI=1S/C17H34N2O/c1-4-18-17-8-7-14(13(2)3)10-15(17)11-19-9-5-6-16(20)12-19/h13-18,20H,4-12H2,1-3H3. The zero-order valence-electron chi connectivity index (χ0n) is 13.6. The Bertz CT molecular complexity index is 282. The summed E-state index contributed by atoms with van der Waals surface area (Å²) in [6.07, 6.45) is 6.14. The molecule has 118 valence electrons. The average molecular weight is 282 g/mol. The van der Waals surface area contributed by atoms with E-state index in [9.17, 15) is 5.11 Å². The molecule has 4 atom stereocenters. The molecule has 20 heavy (non-hydrogen) atoms. The maximum Gasteiger partial charge on any atom is 0.0667 e. The lowest BCUT2D eigenvalue weighted by Gasteiger charge is -2.42. The van der Waals surface area contributed by atoms with Crippen LogP contribution >= 0.6 is 0 Å². The molecule has 1 aliphatic heterocycles. The fourth-order valence-corrected chi connectivity index (χ4v) is 4.17. The van der Waals surface area contributed by atoms with Gasteiger partial charge in [0, 0.05) is 19.1 Å². The topological polar surface area (TPSA) is 35.5 Å². The van der Waals surface area contributed by atoms with Crippen LogP contribution in [0.5, 0.6) is 0 Å². The van der Waals surface area contributed by atoms with Gasteiger partial charge in [-0.3, -0.25) is 0 Å². The zero-order valence-corrected chi connectivity index (χ0v) is 13.6. The van der Waals surface area contributed by atoms with E-state index in [1.165, 1.54) is 32.4 Å². The Morgan fingerprint density at radius 2 is 2.05 bits per heavy atom. The lowest BCUT2D eigenvalue weighted by atomic mass is 9.73. The van der Waals surface area contributed by atoms with Crippen molar-refractivity contribution >= 4 is 0 Å². The highest BCUT2D eigenvalue weighted by atomic mass is 16.3.